The second kappa shape index (κ2) is 6.51. The van der Waals surface area contributed by atoms with Crippen molar-refractivity contribution in [3.8, 4) is 0 Å². The molecule has 0 spiro atoms. The molecule has 1 aromatic carbocycles. The molecule has 0 atom stereocenters. The van der Waals surface area contributed by atoms with Crippen molar-refractivity contribution >= 4 is 40.7 Å². The van der Waals surface area contributed by atoms with E-state index in [1.54, 1.807) is 0 Å². The molecule has 15 heavy (non-hydrogen) atoms. The maximum Gasteiger partial charge on any atom is 0.0641 e. The van der Waals surface area contributed by atoms with Gasteiger partial charge in [-0.3, -0.25) is 0 Å². The summed E-state index contributed by atoms with van der Waals surface area (Å²) in [5, 5.41) is 4.78. The molecular weight excluding hydrogens is 249 g/mol. The van der Waals surface area contributed by atoms with Crippen LogP contribution in [0.25, 0.3) is 0 Å². The molecule has 1 aromatic rings. The Labute approximate surface area is 106 Å². The van der Waals surface area contributed by atoms with Crippen molar-refractivity contribution in [1.82, 2.24) is 0 Å². The fraction of sp³-hybridized carbons (Fsp3) is 0.455. The number of nitrogens with one attached hydrogen (secondary N) is 1. The fourth-order valence-corrected chi connectivity index (χ4v) is 2.10. The highest BCUT2D eigenvalue weighted by Gasteiger charge is 2.03. The van der Waals surface area contributed by atoms with Crippen LogP contribution in [-0.4, -0.2) is 18.6 Å². The average molecular weight is 264 g/mol. The predicted octanol–water partition coefficient (Wildman–Crippen LogP) is 4.47. The summed E-state index contributed by atoms with van der Waals surface area (Å²) in [6.07, 6.45) is 3.23. The Morgan fingerprint density at radius 1 is 1.27 bits per heavy atom. The zero-order valence-electron chi connectivity index (χ0n) is 8.94. The Balaban J connectivity index is 2.57. The molecule has 0 fully saturated rings. The lowest BCUT2D eigenvalue weighted by Gasteiger charge is -2.09. The van der Waals surface area contributed by atoms with Gasteiger partial charge in [-0.1, -0.05) is 23.2 Å². The van der Waals surface area contributed by atoms with Crippen molar-refractivity contribution in [2.24, 2.45) is 0 Å². The highest BCUT2D eigenvalue weighted by atomic mass is 35.5. The van der Waals surface area contributed by atoms with Crippen molar-refractivity contribution in [3.63, 3.8) is 0 Å². The van der Waals surface area contributed by atoms with Gasteiger partial charge in [0.25, 0.3) is 0 Å². The molecule has 0 aromatic heterocycles. The van der Waals surface area contributed by atoms with Gasteiger partial charge < -0.3 is 5.32 Å². The Morgan fingerprint density at radius 3 is 2.67 bits per heavy atom. The summed E-state index contributed by atoms with van der Waals surface area (Å²) in [7, 11) is 0. The molecule has 0 aliphatic rings. The SMILES string of the molecule is CSCCCNc1cc(Cl)c(C)cc1Cl. The van der Waals surface area contributed by atoms with E-state index in [0.29, 0.717) is 0 Å². The minimum Gasteiger partial charge on any atom is -0.384 e. The third kappa shape index (κ3) is 4.13. The van der Waals surface area contributed by atoms with Crippen LogP contribution in [0.15, 0.2) is 12.1 Å². The lowest BCUT2D eigenvalue weighted by molar-refractivity contribution is 0.993. The lowest BCUT2D eigenvalue weighted by atomic mass is 10.2. The van der Waals surface area contributed by atoms with E-state index >= 15 is 0 Å². The molecule has 1 N–H and O–H groups in total. The normalized spacial score (nSPS) is 10.4. The molecule has 0 unspecified atom stereocenters. The number of benzene rings is 1. The van der Waals surface area contributed by atoms with Gasteiger partial charge in [-0.15, -0.1) is 0 Å². The van der Waals surface area contributed by atoms with Crippen molar-refractivity contribution in [2.45, 2.75) is 13.3 Å². The summed E-state index contributed by atoms with van der Waals surface area (Å²) in [5.74, 6) is 1.16. The number of hydrogen-bond donors (Lipinski definition) is 1. The molecule has 0 bridgehead atoms. The molecule has 1 rings (SSSR count). The number of aryl methyl sites for hydroxylation is 1. The molecule has 0 heterocycles. The number of thioether (sulfide) groups is 1. The smallest absolute Gasteiger partial charge is 0.0641 e. The second-order valence-electron chi connectivity index (χ2n) is 3.35. The third-order valence-electron chi connectivity index (χ3n) is 2.09. The van der Waals surface area contributed by atoms with Gasteiger partial charge >= 0.3 is 0 Å². The maximum atomic E-state index is 6.09. The molecule has 0 saturated carbocycles. The highest BCUT2D eigenvalue weighted by Crippen LogP contribution is 2.28. The van der Waals surface area contributed by atoms with E-state index < -0.39 is 0 Å². The van der Waals surface area contributed by atoms with Gasteiger partial charge in [0.05, 0.1) is 10.7 Å². The number of anilines is 1. The molecule has 1 nitrogen and oxygen atoms in total. The number of halogens is 2. The van der Waals surface area contributed by atoms with E-state index in [1.807, 2.05) is 30.8 Å². The van der Waals surface area contributed by atoms with Crippen LogP contribution >= 0.6 is 35.0 Å². The van der Waals surface area contributed by atoms with Crippen LogP contribution in [0.4, 0.5) is 5.69 Å². The van der Waals surface area contributed by atoms with Crippen molar-refractivity contribution in [2.75, 3.05) is 23.9 Å². The molecule has 4 heteroatoms. The van der Waals surface area contributed by atoms with Gasteiger partial charge in [0.15, 0.2) is 0 Å². The van der Waals surface area contributed by atoms with Crippen LogP contribution in [0.3, 0.4) is 0 Å². The van der Waals surface area contributed by atoms with Crippen molar-refractivity contribution in [1.29, 1.82) is 0 Å². The molecule has 0 aliphatic carbocycles. The summed E-state index contributed by atoms with van der Waals surface area (Å²) in [4.78, 5) is 0. The highest BCUT2D eigenvalue weighted by molar-refractivity contribution is 7.98. The Hall–Kier alpha value is -0.0500. The van der Waals surface area contributed by atoms with E-state index in [-0.39, 0.29) is 0 Å². The lowest BCUT2D eigenvalue weighted by Crippen LogP contribution is -2.03. The van der Waals surface area contributed by atoms with Gasteiger partial charge in [0, 0.05) is 11.6 Å². The quantitative estimate of drug-likeness (QED) is 0.787. The van der Waals surface area contributed by atoms with Crippen molar-refractivity contribution in [3.05, 3.63) is 27.7 Å². The van der Waals surface area contributed by atoms with Gasteiger partial charge in [-0.25, -0.2) is 0 Å². The maximum absolute atomic E-state index is 6.09. The standard InChI is InChI=1S/C11H15Cl2NS/c1-8-6-10(13)11(7-9(8)12)14-4-3-5-15-2/h6-7,14H,3-5H2,1-2H3. The summed E-state index contributed by atoms with van der Waals surface area (Å²) < 4.78 is 0. The van der Waals surface area contributed by atoms with Crippen molar-refractivity contribution < 1.29 is 0 Å². The zero-order valence-corrected chi connectivity index (χ0v) is 11.3. The number of hydrogen-bond acceptors (Lipinski definition) is 2. The Kier molecular flexibility index (Phi) is 5.65. The van der Waals surface area contributed by atoms with E-state index in [1.165, 1.54) is 0 Å². The van der Waals surface area contributed by atoms with Gasteiger partial charge in [0.2, 0.25) is 0 Å². The van der Waals surface area contributed by atoms with Gasteiger partial charge in [-0.2, -0.15) is 11.8 Å². The van der Waals surface area contributed by atoms with Crippen LogP contribution in [0.1, 0.15) is 12.0 Å². The Morgan fingerprint density at radius 2 is 2.00 bits per heavy atom. The van der Waals surface area contributed by atoms with E-state index in [4.69, 9.17) is 23.2 Å². The first-order valence-electron chi connectivity index (χ1n) is 4.83. The van der Waals surface area contributed by atoms with Crippen LogP contribution in [0.5, 0.6) is 0 Å². The van der Waals surface area contributed by atoms with Crippen LogP contribution < -0.4 is 5.32 Å². The first kappa shape index (κ1) is 13.0. The summed E-state index contributed by atoms with van der Waals surface area (Å²) in [6.45, 7) is 2.88. The monoisotopic (exact) mass is 263 g/mol. The molecule has 0 radical (unpaired) electrons. The van der Waals surface area contributed by atoms with Crippen LogP contribution in [0.2, 0.25) is 10.0 Å². The molecule has 0 saturated heterocycles. The molecular formula is C11H15Cl2NS. The third-order valence-corrected chi connectivity index (χ3v) is 3.51. The number of rotatable bonds is 5. The predicted molar refractivity (Wildman–Crippen MR) is 72.7 cm³/mol. The summed E-state index contributed by atoms with van der Waals surface area (Å²) >= 11 is 14.0. The first-order chi connectivity index (χ1) is 7.15. The van der Waals surface area contributed by atoms with Crippen LogP contribution in [0, 0.1) is 6.92 Å². The van der Waals surface area contributed by atoms with Gasteiger partial charge in [0.1, 0.15) is 0 Å². The minimum absolute atomic E-state index is 0.737. The molecule has 0 aliphatic heterocycles. The van der Waals surface area contributed by atoms with Gasteiger partial charge in [-0.05, 0) is 43.0 Å². The van der Waals surface area contributed by atoms with E-state index in [2.05, 4.69) is 11.6 Å². The molecule has 84 valence electrons. The fourth-order valence-electron chi connectivity index (χ4n) is 1.22. The van der Waals surface area contributed by atoms with E-state index in [0.717, 1.165) is 40.0 Å². The van der Waals surface area contributed by atoms with E-state index in [9.17, 15) is 0 Å². The summed E-state index contributed by atoms with van der Waals surface area (Å²) in [6, 6.07) is 3.78. The second-order valence-corrected chi connectivity index (χ2v) is 5.15. The van der Waals surface area contributed by atoms with Crippen LogP contribution in [-0.2, 0) is 0 Å². The first-order valence-corrected chi connectivity index (χ1v) is 6.98. The topological polar surface area (TPSA) is 12.0 Å². The summed E-state index contributed by atoms with van der Waals surface area (Å²) in [5.41, 5.74) is 1.93. The largest absolute Gasteiger partial charge is 0.384 e. The zero-order chi connectivity index (χ0) is 11.3. The Bertz CT molecular complexity index is 329. The molecule has 0 amide bonds. The minimum atomic E-state index is 0.737. The average Bonchev–Trinajstić information content (AvgIpc) is 2.20.